The molecule has 0 aliphatic heterocycles. The molecule has 0 saturated heterocycles. The maximum Gasteiger partial charge on any atom is 0.280 e. The molecule has 3 aromatic heterocycles. The Morgan fingerprint density at radius 3 is 2.96 bits per heavy atom. The summed E-state index contributed by atoms with van der Waals surface area (Å²) < 4.78 is 29.9. The predicted octanol–water partition coefficient (Wildman–Crippen LogP) is 5.07. The molecule has 0 aromatic carbocycles. The van der Waals surface area contributed by atoms with Crippen molar-refractivity contribution in [3.8, 4) is 11.3 Å². The summed E-state index contributed by atoms with van der Waals surface area (Å²) in [5, 5.41) is 7.19. The summed E-state index contributed by atoms with van der Waals surface area (Å²) in [5.74, 6) is -3.55. The summed E-state index contributed by atoms with van der Waals surface area (Å²) in [5.41, 5.74) is 1.67. The van der Waals surface area contributed by atoms with Crippen LogP contribution in [-0.2, 0) is 0 Å². The number of hydrogen-bond donors (Lipinski definition) is 1. The SMILES string of the molecule is O=C(N[C@@H]1CCCCC1(F)F)c1nc(-c2cnn3ccc(Cl)cc23)c(Cl)s1. The Morgan fingerprint density at radius 2 is 2.19 bits per heavy atom. The fourth-order valence-electron chi connectivity index (χ4n) is 3.19. The van der Waals surface area contributed by atoms with Crippen molar-refractivity contribution in [2.24, 2.45) is 0 Å². The number of nitrogens with zero attached hydrogens (tertiary/aromatic N) is 3. The molecule has 1 amide bonds. The molecule has 27 heavy (non-hydrogen) atoms. The lowest BCUT2D eigenvalue weighted by molar-refractivity contribution is -0.0609. The highest BCUT2D eigenvalue weighted by Crippen LogP contribution is 2.37. The minimum absolute atomic E-state index is 0.0396. The van der Waals surface area contributed by atoms with E-state index in [0.717, 1.165) is 11.3 Å². The molecule has 0 radical (unpaired) electrons. The molecule has 0 bridgehead atoms. The first-order chi connectivity index (χ1) is 12.8. The van der Waals surface area contributed by atoms with E-state index in [-0.39, 0.29) is 22.2 Å². The van der Waals surface area contributed by atoms with Crippen LogP contribution in [0.4, 0.5) is 8.78 Å². The van der Waals surface area contributed by atoms with Gasteiger partial charge in [0.25, 0.3) is 11.8 Å². The van der Waals surface area contributed by atoms with E-state index >= 15 is 0 Å². The smallest absolute Gasteiger partial charge is 0.280 e. The average molecular weight is 431 g/mol. The van der Waals surface area contributed by atoms with Crippen molar-refractivity contribution in [3.63, 3.8) is 0 Å². The van der Waals surface area contributed by atoms with E-state index in [0.29, 0.717) is 34.6 Å². The Balaban J connectivity index is 1.63. The van der Waals surface area contributed by atoms with Gasteiger partial charge in [-0.3, -0.25) is 4.79 Å². The number of pyridine rings is 1. The van der Waals surface area contributed by atoms with E-state index in [1.165, 1.54) is 0 Å². The van der Waals surface area contributed by atoms with Gasteiger partial charge < -0.3 is 5.32 Å². The number of nitrogens with one attached hydrogen (secondary N) is 1. The van der Waals surface area contributed by atoms with Crippen molar-refractivity contribution in [2.45, 2.75) is 37.6 Å². The lowest BCUT2D eigenvalue weighted by Gasteiger charge is -2.31. The van der Waals surface area contributed by atoms with E-state index in [9.17, 15) is 13.6 Å². The summed E-state index contributed by atoms with van der Waals surface area (Å²) in [4.78, 5) is 16.7. The van der Waals surface area contributed by atoms with E-state index < -0.39 is 17.9 Å². The molecule has 1 fully saturated rings. The van der Waals surface area contributed by atoms with Gasteiger partial charge in [-0.05, 0) is 25.0 Å². The third-order valence-electron chi connectivity index (χ3n) is 4.59. The van der Waals surface area contributed by atoms with Crippen molar-refractivity contribution in [2.75, 3.05) is 0 Å². The van der Waals surface area contributed by atoms with Gasteiger partial charge >= 0.3 is 0 Å². The van der Waals surface area contributed by atoms with Crippen molar-refractivity contribution >= 4 is 46.0 Å². The molecule has 1 aliphatic carbocycles. The molecule has 1 aliphatic rings. The maximum atomic E-state index is 14.0. The monoisotopic (exact) mass is 430 g/mol. The van der Waals surface area contributed by atoms with Crippen LogP contribution in [0.15, 0.2) is 24.5 Å². The number of carbonyl (C=O) groups excluding carboxylic acids is 1. The fourth-order valence-corrected chi connectivity index (χ4v) is 4.43. The van der Waals surface area contributed by atoms with Crippen molar-refractivity contribution < 1.29 is 13.6 Å². The Hall–Kier alpha value is -1.77. The molecular weight excluding hydrogens is 417 g/mol. The van der Waals surface area contributed by atoms with Gasteiger partial charge in [0.15, 0.2) is 5.01 Å². The highest BCUT2D eigenvalue weighted by Gasteiger charge is 2.42. The molecule has 0 unspecified atom stereocenters. The van der Waals surface area contributed by atoms with E-state index in [4.69, 9.17) is 23.2 Å². The van der Waals surface area contributed by atoms with Gasteiger partial charge in [0.2, 0.25) is 0 Å². The summed E-state index contributed by atoms with van der Waals surface area (Å²) in [6.07, 6.45) is 4.42. The van der Waals surface area contributed by atoms with E-state index in [1.807, 2.05) is 0 Å². The van der Waals surface area contributed by atoms with Crippen LogP contribution in [0.25, 0.3) is 16.8 Å². The molecule has 1 saturated carbocycles. The van der Waals surface area contributed by atoms with Crippen LogP contribution < -0.4 is 5.32 Å². The zero-order valence-electron chi connectivity index (χ0n) is 13.9. The van der Waals surface area contributed by atoms with Gasteiger partial charge in [0.05, 0.1) is 17.8 Å². The number of fused-ring (bicyclic) bond motifs is 1. The van der Waals surface area contributed by atoms with Crippen LogP contribution in [0, 0.1) is 0 Å². The minimum atomic E-state index is -2.91. The lowest BCUT2D eigenvalue weighted by atomic mass is 9.91. The number of amides is 1. The molecule has 1 N–H and O–H groups in total. The fraction of sp³-hybridized carbons (Fsp3) is 0.353. The summed E-state index contributed by atoms with van der Waals surface area (Å²) in [6.45, 7) is 0. The number of carbonyl (C=O) groups is 1. The Morgan fingerprint density at radius 1 is 1.37 bits per heavy atom. The first-order valence-electron chi connectivity index (χ1n) is 8.33. The molecule has 4 rings (SSSR count). The molecule has 3 aromatic rings. The van der Waals surface area contributed by atoms with Crippen LogP contribution in [-0.4, -0.2) is 32.5 Å². The molecule has 3 heterocycles. The first kappa shape index (κ1) is 18.6. The molecule has 0 spiro atoms. The third kappa shape index (κ3) is 3.53. The van der Waals surface area contributed by atoms with Gasteiger partial charge in [0.1, 0.15) is 10.0 Å². The average Bonchev–Trinajstić information content (AvgIpc) is 3.19. The van der Waals surface area contributed by atoms with Gasteiger partial charge in [0, 0.05) is 23.2 Å². The highest BCUT2D eigenvalue weighted by atomic mass is 35.5. The maximum absolute atomic E-state index is 14.0. The normalized spacial score (nSPS) is 19.3. The molecule has 1 atom stereocenters. The Bertz CT molecular complexity index is 1020. The standard InChI is InChI=1S/C17H14Cl2F2N4OS/c18-9-4-6-25-11(7-9)10(8-22-25)13-14(19)27-16(24-13)15(26)23-12-3-1-2-5-17(12,20)21/h4,6-8,12H,1-3,5H2,(H,23,26)/t12-/m1/s1. The van der Waals surface area contributed by atoms with Crippen molar-refractivity contribution in [3.05, 3.63) is 38.9 Å². The molecule has 5 nitrogen and oxygen atoms in total. The quantitative estimate of drug-likeness (QED) is 0.630. The molecular formula is C17H14Cl2F2N4OS. The second-order valence-corrected chi connectivity index (χ2v) is 8.44. The summed E-state index contributed by atoms with van der Waals surface area (Å²) >= 11 is 13.3. The number of aromatic nitrogens is 3. The first-order valence-corrected chi connectivity index (χ1v) is 9.91. The van der Waals surface area contributed by atoms with Gasteiger partial charge in [-0.25, -0.2) is 18.3 Å². The zero-order chi connectivity index (χ0) is 19.2. The number of alkyl halides is 2. The van der Waals surface area contributed by atoms with Crippen LogP contribution in [0.3, 0.4) is 0 Å². The topological polar surface area (TPSA) is 59.3 Å². The second kappa shape index (κ2) is 7.00. The van der Waals surface area contributed by atoms with Gasteiger partial charge in [-0.15, -0.1) is 0 Å². The highest BCUT2D eigenvalue weighted by molar-refractivity contribution is 7.18. The van der Waals surface area contributed by atoms with Crippen LogP contribution >= 0.6 is 34.5 Å². The molecule has 142 valence electrons. The van der Waals surface area contributed by atoms with Gasteiger partial charge in [-0.2, -0.15) is 5.10 Å². The zero-order valence-corrected chi connectivity index (χ0v) is 16.2. The largest absolute Gasteiger partial charge is 0.341 e. The van der Waals surface area contributed by atoms with Crippen molar-refractivity contribution in [1.82, 2.24) is 19.9 Å². The summed E-state index contributed by atoms with van der Waals surface area (Å²) in [6, 6.07) is 2.22. The van der Waals surface area contributed by atoms with Crippen molar-refractivity contribution in [1.29, 1.82) is 0 Å². The number of thiazole rings is 1. The van der Waals surface area contributed by atoms with E-state index in [1.54, 1.807) is 29.0 Å². The number of hydrogen-bond acceptors (Lipinski definition) is 4. The Kier molecular flexibility index (Phi) is 4.82. The van der Waals surface area contributed by atoms with Crippen LogP contribution in [0.5, 0.6) is 0 Å². The lowest BCUT2D eigenvalue weighted by Crippen LogP contribution is -2.49. The predicted molar refractivity (Wildman–Crippen MR) is 101 cm³/mol. The summed E-state index contributed by atoms with van der Waals surface area (Å²) in [7, 11) is 0. The Labute approximate surface area is 167 Å². The van der Waals surface area contributed by atoms with Crippen LogP contribution in [0.2, 0.25) is 9.36 Å². The second-order valence-electron chi connectivity index (χ2n) is 6.41. The third-order valence-corrected chi connectivity index (χ3v) is 6.07. The van der Waals surface area contributed by atoms with E-state index in [2.05, 4.69) is 15.4 Å². The van der Waals surface area contributed by atoms with Crippen LogP contribution in [0.1, 0.15) is 35.5 Å². The minimum Gasteiger partial charge on any atom is -0.341 e. The number of halogens is 4. The number of rotatable bonds is 3. The molecule has 10 heteroatoms. The van der Waals surface area contributed by atoms with Gasteiger partial charge in [-0.1, -0.05) is 41.0 Å².